The number of nitriles is 1. The summed E-state index contributed by atoms with van der Waals surface area (Å²) in [5.41, 5.74) is 0.189. The normalized spacial score (nSPS) is 13.1. The van der Waals surface area contributed by atoms with E-state index in [1.165, 1.54) is 25.4 Å². The van der Waals surface area contributed by atoms with E-state index in [9.17, 15) is 17.2 Å². The summed E-state index contributed by atoms with van der Waals surface area (Å²) in [6.45, 7) is 3.05. The van der Waals surface area contributed by atoms with Crippen molar-refractivity contribution in [2.75, 3.05) is 4.72 Å². The summed E-state index contributed by atoms with van der Waals surface area (Å²) in [6, 6.07) is 13.7. The van der Waals surface area contributed by atoms with Crippen LogP contribution in [0.3, 0.4) is 0 Å². The zero-order valence-corrected chi connectivity index (χ0v) is 19.4. The fraction of sp³-hybridized carbons (Fsp3) is 0.174. The van der Waals surface area contributed by atoms with E-state index >= 15 is 0 Å². The first-order valence-corrected chi connectivity index (χ1v) is 12.0. The minimum Gasteiger partial charge on any atom is -0.255 e. The highest BCUT2D eigenvalue weighted by Gasteiger charge is 2.32. The average molecular weight is 496 g/mol. The van der Waals surface area contributed by atoms with Crippen LogP contribution in [0.1, 0.15) is 31.2 Å². The number of aromatic nitrogens is 5. The highest BCUT2D eigenvalue weighted by Crippen LogP contribution is 2.30. The molecule has 2 aromatic carbocycles. The van der Waals surface area contributed by atoms with Crippen LogP contribution in [-0.2, 0) is 10.0 Å². The van der Waals surface area contributed by atoms with Crippen LogP contribution >= 0.6 is 0 Å². The van der Waals surface area contributed by atoms with E-state index in [0.29, 0.717) is 5.56 Å². The molecule has 2 atom stereocenters. The molecule has 0 saturated heterocycles. The molecule has 9 nitrogen and oxygen atoms in total. The summed E-state index contributed by atoms with van der Waals surface area (Å²) < 4.78 is 59.3. The van der Waals surface area contributed by atoms with Gasteiger partial charge in [-0.2, -0.15) is 5.26 Å². The number of nitrogens with zero attached hydrogens (tertiary/aromatic N) is 6. The summed E-state index contributed by atoms with van der Waals surface area (Å²) in [6.07, 6.45) is 2.60. The molecule has 0 aliphatic heterocycles. The number of hydrogen-bond donors (Lipinski definition) is 1. The molecule has 0 radical (unpaired) electrons. The zero-order chi connectivity index (χ0) is 25.2. The van der Waals surface area contributed by atoms with Crippen LogP contribution in [-0.4, -0.2) is 38.4 Å². The second-order valence-corrected chi connectivity index (χ2v) is 9.74. The molecule has 0 amide bonds. The van der Waals surface area contributed by atoms with Gasteiger partial charge in [0.05, 0.1) is 10.8 Å². The SMILES string of the molecule is C[C@H](c1ncc(C#N)cn1)[C@H](C)S(=O)(=O)Nc1nnc(-c2ccccc2)n1-c1c(F)cccc1F. The molecule has 0 saturated carbocycles. The van der Waals surface area contributed by atoms with Gasteiger partial charge in [0.2, 0.25) is 16.0 Å². The summed E-state index contributed by atoms with van der Waals surface area (Å²) in [7, 11) is -4.16. The van der Waals surface area contributed by atoms with E-state index in [1.807, 2.05) is 6.07 Å². The van der Waals surface area contributed by atoms with Crippen molar-refractivity contribution in [3.05, 3.63) is 83.9 Å². The molecule has 178 valence electrons. The Kier molecular flexibility index (Phi) is 6.52. The minimum atomic E-state index is -4.16. The van der Waals surface area contributed by atoms with E-state index in [2.05, 4.69) is 24.9 Å². The lowest BCUT2D eigenvalue weighted by molar-refractivity contribution is 0.564. The third-order valence-corrected chi connectivity index (χ3v) is 7.35. The Hall–Kier alpha value is -4.24. The van der Waals surface area contributed by atoms with E-state index in [0.717, 1.165) is 16.7 Å². The minimum absolute atomic E-state index is 0.0448. The molecular formula is C23H19F2N7O2S. The monoisotopic (exact) mass is 495 g/mol. The molecule has 2 aromatic heterocycles. The molecular weight excluding hydrogens is 476 g/mol. The van der Waals surface area contributed by atoms with Gasteiger partial charge in [-0.1, -0.05) is 43.3 Å². The molecule has 0 spiro atoms. The Bertz CT molecular complexity index is 1480. The number of hydrogen-bond acceptors (Lipinski definition) is 7. The van der Waals surface area contributed by atoms with Crippen molar-refractivity contribution in [3.63, 3.8) is 0 Å². The number of halogens is 2. The lowest BCUT2D eigenvalue weighted by Crippen LogP contribution is -2.31. The summed E-state index contributed by atoms with van der Waals surface area (Å²) in [5, 5.41) is 15.7. The number of benzene rings is 2. The van der Waals surface area contributed by atoms with Gasteiger partial charge in [-0.05, 0) is 19.1 Å². The van der Waals surface area contributed by atoms with Gasteiger partial charge >= 0.3 is 0 Å². The van der Waals surface area contributed by atoms with Crippen LogP contribution < -0.4 is 4.72 Å². The van der Waals surface area contributed by atoms with Gasteiger partial charge in [-0.3, -0.25) is 9.29 Å². The second-order valence-electron chi connectivity index (χ2n) is 7.70. The standard InChI is InChI=1S/C23H19F2N7O2S/c1-14(21-27-12-16(11-26)13-28-21)15(2)35(33,34)31-23-30-29-22(17-7-4-3-5-8-17)32(23)20-18(24)9-6-10-19(20)25/h3-10,12-15H,1-2H3,(H,30,31)/t14-,15-/m0/s1. The van der Waals surface area contributed by atoms with Gasteiger partial charge < -0.3 is 0 Å². The lowest BCUT2D eigenvalue weighted by Gasteiger charge is -2.20. The first-order chi connectivity index (χ1) is 16.7. The molecule has 0 fully saturated rings. The molecule has 2 heterocycles. The molecule has 0 bridgehead atoms. The molecule has 0 aliphatic carbocycles. The van der Waals surface area contributed by atoms with E-state index < -0.39 is 38.5 Å². The van der Waals surface area contributed by atoms with E-state index in [4.69, 9.17) is 5.26 Å². The van der Waals surface area contributed by atoms with Crippen molar-refractivity contribution in [1.82, 2.24) is 24.7 Å². The van der Waals surface area contributed by atoms with Crippen molar-refractivity contribution < 1.29 is 17.2 Å². The molecule has 4 aromatic rings. The quantitative estimate of drug-likeness (QED) is 0.413. The topological polar surface area (TPSA) is 126 Å². The van der Waals surface area contributed by atoms with Crippen molar-refractivity contribution in [1.29, 1.82) is 5.26 Å². The van der Waals surface area contributed by atoms with Crippen LogP contribution in [0, 0.1) is 23.0 Å². The smallest absolute Gasteiger partial charge is 0.243 e. The van der Waals surface area contributed by atoms with Crippen LogP contribution in [0.5, 0.6) is 0 Å². The van der Waals surface area contributed by atoms with Crippen LogP contribution in [0.15, 0.2) is 60.9 Å². The largest absolute Gasteiger partial charge is 0.255 e. The number of sulfonamides is 1. The second kappa shape index (κ2) is 9.55. The van der Waals surface area contributed by atoms with Crippen LogP contribution in [0.25, 0.3) is 17.1 Å². The Labute approximate surface area is 200 Å². The highest BCUT2D eigenvalue weighted by atomic mass is 32.2. The van der Waals surface area contributed by atoms with Crippen LogP contribution in [0.2, 0.25) is 0 Å². The maximum Gasteiger partial charge on any atom is 0.243 e. The predicted molar refractivity (Wildman–Crippen MR) is 124 cm³/mol. The molecule has 0 aliphatic rings. The Morgan fingerprint density at radius 3 is 2.20 bits per heavy atom. The summed E-state index contributed by atoms with van der Waals surface area (Å²) in [5.74, 6) is -2.65. The fourth-order valence-electron chi connectivity index (χ4n) is 3.37. The zero-order valence-electron chi connectivity index (χ0n) is 18.6. The van der Waals surface area contributed by atoms with Crippen molar-refractivity contribution in [3.8, 4) is 23.1 Å². The molecule has 4 rings (SSSR count). The molecule has 35 heavy (non-hydrogen) atoms. The predicted octanol–water partition coefficient (Wildman–Crippen LogP) is 3.81. The van der Waals surface area contributed by atoms with Gasteiger partial charge in [-0.15, -0.1) is 10.2 Å². The van der Waals surface area contributed by atoms with Gasteiger partial charge in [-0.25, -0.2) is 27.2 Å². The van der Waals surface area contributed by atoms with Crippen molar-refractivity contribution >= 4 is 16.0 Å². The molecule has 1 N–H and O–H groups in total. The lowest BCUT2D eigenvalue weighted by atomic mass is 10.1. The van der Waals surface area contributed by atoms with Crippen molar-refractivity contribution in [2.24, 2.45) is 0 Å². The van der Waals surface area contributed by atoms with Gasteiger partial charge in [0.25, 0.3) is 0 Å². The third kappa shape index (κ3) is 4.71. The first kappa shape index (κ1) is 23.9. The summed E-state index contributed by atoms with van der Waals surface area (Å²) >= 11 is 0. The van der Waals surface area contributed by atoms with Gasteiger partial charge in [0, 0.05) is 23.9 Å². The Morgan fingerprint density at radius 2 is 1.60 bits per heavy atom. The van der Waals surface area contributed by atoms with Gasteiger partial charge in [0.15, 0.2) is 5.82 Å². The van der Waals surface area contributed by atoms with Crippen molar-refractivity contribution in [2.45, 2.75) is 25.0 Å². The maximum atomic E-state index is 14.8. The Morgan fingerprint density at radius 1 is 0.971 bits per heavy atom. The molecule has 12 heteroatoms. The van der Waals surface area contributed by atoms with Crippen LogP contribution in [0.4, 0.5) is 14.7 Å². The van der Waals surface area contributed by atoms with E-state index in [-0.39, 0.29) is 23.2 Å². The van der Waals surface area contributed by atoms with Gasteiger partial charge in [0.1, 0.15) is 29.2 Å². The summed E-state index contributed by atoms with van der Waals surface area (Å²) in [4.78, 5) is 8.13. The number of rotatable bonds is 7. The number of nitrogens with one attached hydrogen (secondary N) is 1. The van der Waals surface area contributed by atoms with E-state index in [1.54, 1.807) is 37.3 Å². The highest BCUT2D eigenvalue weighted by molar-refractivity contribution is 7.93. The first-order valence-electron chi connectivity index (χ1n) is 10.4. The number of anilines is 1. The number of para-hydroxylation sites is 1. The fourth-order valence-corrected chi connectivity index (χ4v) is 4.60. The maximum absolute atomic E-state index is 14.8. The third-order valence-electron chi connectivity index (χ3n) is 5.49. The molecule has 0 unspecified atom stereocenters. The Balaban J connectivity index is 1.76. The average Bonchev–Trinajstić information content (AvgIpc) is 3.26.